The second kappa shape index (κ2) is 18.6. The van der Waals surface area contributed by atoms with E-state index in [-0.39, 0.29) is 40.5 Å². The number of rotatable bonds is 18. The SMILES string of the molecule is COC[C@H](NC(=O)c1cnc(C)s1)C(=O)N[C@@H](COC)C(=O)N[C@@H](Cc1ccccc1)C(=O)C(C)(CI)OC(=O)OCc1oc(=O)oc1C. The first-order chi connectivity index (χ1) is 23.3. The summed E-state index contributed by atoms with van der Waals surface area (Å²) in [5.74, 6) is -3.64. The number of alkyl halides is 1. The van der Waals surface area contributed by atoms with Crippen LogP contribution in [-0.2, 0) is 46.4 Å². The number of thiazole rings is 1. The lowest BCUT2D eigenvalue weighted by Crippen LogP contribution is -2.60. The minimum Gasteiger partial charge on any atom is -0.426 e. The van der Waals surface area contributed by atoms with Crippen LogP contribution in [0, 0.1) is 13.8 Å². The van der Waals surface area contributed by atoms with Gasteiger partial charge in [-0.1, -0.05) is 52.9 Å². The molecule has 2 heterocycles. The number of aryl methyl sites for hydroxylation is 2. The van der Waals surface area contributed by atoms with Crippen LogP contribution in [0.2, 0.25) is 0 Å². The van der Waals surface area contributed by atoms with Crippen LogP contribution in [0.25, 0.3) is 0 Å². The Hall–Kier alpha value is -4.14. The summed E-state index contributed by atoms with van der Waals surface area (Å²) in [6, 6.07) is 5.05. The van der Waals surface area contributed by atoms with Gasteiger partial charge in [-0.15, -0.1) is 11.3 Å². The van der Waals surface area contributed by atoms with Gasteiger partial charge in [0.2, 0.25) is 11.8 Å². The lowest BCUT2D eigenvalue weighted by Gasteiger charge is -2.31. The molecule has 3 aromatic rings. The van der Waals surface area contributed by atoms with E-state index in [1.807, 2.05) is 22.6 Å². The number of nitrogens with zero attached hydrogens (tertiary/aromatic N) is 1. The molecule has 18 heteroatoms. The maximum Gasteiger partial charge on any atom is 0.519 e. The summed E-state index contributed by atoms with van der Waals surface area (Å²) in [5, 5.41) is 8.47. The average Bonchev–Trinajstić information content (AvgIpc) is 3.66. The Kier molecular flexibility index (Phi) is 14.9. The Morgan fingerprint density at radius 2 is 1.55 bits per heavy atom. The quantitative estimate of drug-likeness (QED) is 0.0954. The molecule has 0 saturated carbocycles. The summed E-state index contributed by atoms with van der Waals surface area (Å²) in [5.41, 5.74) is -1.11. The van der Waals surface area contributed by atoms with Crippen molar-refractivity contribution in [1.82, 2.24) is 20.9 Å². The van der Waals surface area contributed by atoms with Gasteiger partial charge in [0.25, 0.3) is 5.91 Å². The van der Waals surface area contributed by atoms with Gasteiger partial charge in [0.1, 0.15) is 17.0 Å². The zero-order valence-electron chi connectivity index (χ0n) is 27.4. The van der Waals surface area contributed by atoms with E-state index in [2.05, 4.69) is 20.9 Å². The summed E-state index contributed by atoms with van der Waals surface area (Å²) in [6.45, 7) is 3.56. The number of hydrogen-bond acceptors (Lipinski definition) is 14. The monoisotopic (exact) mass is 816 g/mol. The Morgan fingerprint density at radius 3 is 2.08 bits per heavy atom. The van der Waals surface area contributed by atoms with Crippen LogP contribution in [-0.4, -0.2) is 90.2 Å². The number of hydrogen-bond donors (Lipinski definition) is 3. The van der Waals surface area contributed by atoms with Gasteiger partial charge >= 0.3 is 12.0 Å². The number of ether oxygens (including phenoxy) is 4. The highest BCUT2D eigenvalue weighted by atomic mass is 127. The van der Waals surface area contributed by atoms with Crippen LogP contribution in [0.4, 0.5) is 4.79 Å². The highest BCUT2D eigenvalue weighted by molar-refractivity contribution is 14.1. The molecule has 0 radical (unpaired) electrons. The van der Waals surface area contributed by atoms with E-state index in [1.165, 1.54) is 34.3 Å². The molecule has 0 aliphatic carbocycles. The van der Waals surface area contributed by atoms with E-state index < -0.39 is 65.8 Å². The Labute approximate surface area is 298 Å². The van der Waals surface area contributed by atoms with E-state index in [9.17, 15) is 28.8 Å². The van der Waals surface area contributed by atoms with Crippen molar-refractivity contribution in [2.24, 2.45) is 0 Å². The van der Waals surface area contributed by atoms with Crippen LogP contribution >= 0.6 is 33.9 Å². The van der Waals surface area contributed by atoms with Gasteiger partial charge in [-0.05, 0) is 32.8 Å². The highest BCUT2D eigenvalue weighted by Gasteiger charge is 2.43. The van der Waals surface area contributed by atoms with Crippen molar-refractivity contribution in [3.8, 4) is 0 Å². The molecule has 3 N–H and O–H groups in total. The normalized spacial score (nSPS) is 14.1. The summed E-state index contributed by atoms with van der Waals surface area (Å²) in [4.78, 5) is 82.0. The molecule has 0 aliphatic rings. The molecule has 2 aromatic heterocycles. The zero-order chi connectivity index (χ0) is 36.1. The first-order valence-corrected chi connectivity index (χ1v) is 17.1. The van der Waals surface area contributed by atoms with E-state index >= 15 is 0 Å². The first kappa shape index (κ1) is 39.3. The average molecular weight is 817 g/mol. The van der Waals surface area contributed by atoms with Crippen LogP contribution in [0.5, 0.6) is 0 Å². The number of benzene rings is 1. The molecule has 1 unspecified atom stereocenters. The fraction of sp³-hybridized carbons (Fsp3) is 0.452. The summed E-state index contributed by atoms with van der Waals surface area (Å²) in [6.07, 6.45) is 0.152. The molecule has 266 valence electrons. The number of halogens is 1. The van der Waals surface area contributed by atoms with Gasteiger partial charge in [0.15, 0.2) is 29.5 Å². The molecule has 0 spiro atoms. The van der Waals surface area contributed by atoms with Gasteiger partial charge in [0, 0.05) is 18.6 Å². The van der Waals surface area contributed by atoms with Gasteiger partial charge < -0.3 is 43.7 Å². The van der Waals surface area contributed by atoms with Crippen molar-refractivity contribution in [3.05, 3.63) is 74.1 Å². The third-order valence-electron chi connectivity index (χ3n) is 6.92. The predicted molar refractivity (Wildman–Crippen MR) is 181 cm³/mol. The molecule has 0 bridgehead atoms. The van der Waals surface area contributed by atoms with Crippen molar-refractivity contribution < 1.29 is 51.8 Å². The summed E-state index contributed by atoms with van der Waals surface area (Å²) < 4.78 is 30.3. The maximum atomic E-state index is 14.0. The zero-order valence-corrected chi connectivity index (χ0v) is 30.3. The minimum atomic E-state index is -1.79. The fourth-order valence-corrected chi connectivity index (χ4v) is 5.57. The molecule has 0 fully saturated rings. The van der Waals surface area contributed by atoms with Crippen molar-refractivity contribution >= 4 is 63.6 Å². The van der Waals surface area contributed by atoms with Gasteiger partial charge in [-0.2, -0.15) is 0 Å². The molecule has 16 nitrogen and oxygen atoms in total. The van der Waals surface area contributed by atoms with Crippen molar-refractivity contribution in [2.45, 2.75) is 57.5 Å². The maximum absolute atomic E-state index is 14.0. The van der Waals surface area contributed by atoms with E-state index in [0.717, 1.165) is 11.3 Å². The molecule has 4 atom stereocenters. The number of aromatic nitrogens is 1. The second-order valence-electron chi connectivity index (χ2n) is 10.8. The standard InChI is InChI=1S/C31H37IN4O12S/c1-17-23(47-30(42)46-17)15-45-29(41)48-31(3,16-32)25(37)20(11-19-9-7-6-8-10-19)34-26(38)21(13-43-4)35-27(39)22(14-44-5)36-28(40)24-12-33-18(2)49-24/h6-10,12,20-22H,11,13-16H2,1-5H3,(H,34,38)(H,35,39)(H,36,40)/t20-,21-,22-,31?/m0/s1. The minimum absolute atomic E-state index is 0.000304. The second-order valence-corrected chi connectivity index (χ2v) is 12.8. The van der Waals surface area contributed by atoms with E-state index in [1.54, 1.807) is 37.3 Å². The smallest absolute Gasteiger partial charge is 0.426 e. The lowest BCUT2D eigenvalue weighted by atomic mass is 9.92. The third kappa shape index (κ3) is 11.5. The number of carbonyl (C=O) groups is 5. The van der Waals surface area contributed by atoms with E-state index in [0.29, 0.717) is 10.6 Å². The highest BCUT2D eigenvalue weighted by Crippen LogP contribution is 2.22. The topological polar surface area (TPSA) is 215 Å². The first-order valence-electron chi connectivity index (χ1n) is 14.7. The molecular weight excluding hydrogens is 779 g/mol. The molecule has 3 rings (SSSR count). The molecule has 49 heavy (non-hydrogen) atoms. The molecule has 1 aromatic carbocycles. The fourth-order valence-electron chi connectivity index (χ4n) is 4.35. The van der Waals surface area contributed by atoms with Gasteiger partial charge in [0.05, 0.1) is 30.5 Å². The van der Waals surface area contributed by atoms with Crippen molar-refractivity contribution in [2.75, 3.05) is 31.9 Å². The van der Waals surface area contributed by atoms with Gasteiger partial charge in [-0.25, -0.2) is 14.6 Å². The number of amides is 3. The number of Topliss-reactive ketones (excluding diaryl/α,β-unsaturated/α-hetero) is 1. The Bertz CT molecular complexity index is 1660. The van der Waals surface area contributed by atoms with Gasteiger partial charge in [-0.3, -0.25) is 19.2 Å². The van der Waals surface area contributed by atoms with Crippen molar-refractivity contribution in [1.29, 1.82) is 0 Å². The van der Waals surface area contributed by atoms with Crippen LogP contribution in [0.1, 0.15) is 38.7 Å². The van der Waals surface area contributed by atoms with Crippen LogP contribution in [0.15, 0.2) is 50.2 Å². The van der Waals surface area contributed by atoms with Crippen LogP contribution < -0.4 is 21.8 Å². The lowest BCUT2D eigenvalue weighted by molar-refractivity contribution is -0.141. The van der Waals surface area contributed by atoms with E-state index in [4.69, 9.17) is 27.8 Å². The van der Waals surface area contributed by atoms with Crippen LogP contribution in [0.3, 0.4) is 0 Å². The molecule has 3 amide bonds. The molecule has 0 aliphatic heterocycles. The number of carbonyl (C=O) groups excluding carboxylic acids is 5. The number of ketones is 1. The largest absolute Gasteiger partial charge is 0.519 e. The molecule has 0 saturated heterocycles. The third-order valence-corrected chi connectivity index (χ3v) is 9.29. The summed E-state index contributed by atoms with van der Waals surface area (Å²) >= 11 is 3.01. The Balaban J connectivity index is 1.78. The Morgan fingerprint density at radius 1 is 0.939 bits per heavy atom. The number of nitrogens with one attached hydrogen (secondary N) is 3. The number of methoxy groups -OCH3 is 2. The van der Waals surface area contributed by atoms with Crippen molar-refractivity contribution in [3.63, 3.8) is 0 Å². The summed E-state index contributed by atoms with van der Waals surface area (Å²) in [7, 11) is 2.67. The predicted octanol–water partition coefficient (Wildman–Crippen LogP) is 2.03. The molecular formula is C31H37IN4O12S.